The Kier molecular flexibility index (Phi) is 5.54. The van der Waals surface area contributed by atoms with Crippen molar-refractivity contribution in [3.8, 4) is 5.75 Å². The smallest absolute Gasteiger partial charge is 0.254 e. The van der Waals surface area contributed by atoms with Gasteiger partial charge in [-0.1, -0.05) is 11.6 Å². The highest BCUT2D eigenvalue weighted by Crippen LogP contribution is 2.23. The van der Waals surface area contributed by atoms with Gasteiger partial charge in [-0.3, -0.25) is 4.79 Å². The summed E-state index contributed by atoms with van der Waals surface area (Å²) in [7, 11) is 0. The van der Waals surface area contributed by atoms with Gasteiger partial charge in [0.05, 0.1) is 13.2 Å². The Bertz CT molecular complexity index is 832. The third-order valence-corrected chi connectivity index (χ3v) is 5.34. The lowest BCUT2D eigenvalue weighted by molar-refractivity contribution is 0.0746. The molecule has 2 aliphatic rings. The molecule has 0 radical (unpaired) electrons. The van der Waals surface area contributed by atoms with Crippen LogP contribution in [0.1, 0.15) is 10.4 Å². The van der Waals surface area contributed by atoms with Crippen molar-refractivity contribution in [2.75, 3.05) is 62.3 Å². The number of carbonyl (C=O) groups excluding carboxylic acids is 1. The third kappa shape index (κ3) is 4.15. The number of pyridine rings is 1. The van der Waals surface area contributed by atoms with Crippen LogP contribution in [0.3, 0.4) is 0 Å². The Morgan fingerprint density at radius 2 is 1.64 bits per heavy atom. The number of aromatic hydroxyl groups is 1. The van der Waals surface area contributed by atoms with Crippen molar-refractivity contribution < 1.29 is 14.6 Å². The second kappa shape index (κ2) is 8.24. The van der Waals surface area contributed by atoms with Crippen LogP contribution in [0.4, 0.5) is 11.5 Å². The number of benzene rings is 1. The lowest BCUT2D eigenvalue weighted by atomic mass is 10.2. The summed E-state index contributed by atoms with van der Waals surface area (Å²) in [5, 5.41) is 9.77. The molecule has 1 amide bonds. The SMILES string of the molecule is O=C(c1cc(Cl)nc(N2CCOCC2)c1)N1CCN(c2ccc(O)cc2)CC1. The molecule has 4 rings (SSSR count). The fourth-order valence-electron chi connectivity index (χ4n) is 3.57. The van der Waals surface area contributed by atoms with E-state index in [2.05, 4.69) is 14.8 Å². The highest BCUT2D eigenvalue weighted by Gasteiger charge is 2.24. The summed E-state index contributed by atoms with van der Waals surface area (Å²) in [5.74, 6) is 0.953. The number of aromatic nitrogens is 1. The zero-order valence-corrected chi connectivity index (χ0v) is 16.3. The standard InChI is InChI=1S/C20H23ClN4O3/c21-18-13-15(14-19(22-18)24-9-11-28-12-10-24)20(27)25-7-5-23(6-8-25)16-1-3-17(26)4-2-16/h1-4,13-14,26H,5-12H2. The van der Waals surface area contributed by atoms with E-state index < -0.39 is 0 Å². The van der Waals surface area contributed by atoms with Crippen molar-refractivity contribution in [2.24, 2.45) is 0 Å². The first-order valence-corrected chi connectivity index (χ1v) is 9.81. The lowest BCUT2D eigenvalue weighted by Gasteiger charge is -2.36. The Morgan fingerprint density at radius 3 is 2.32 bits per heavy atom. The minimum absolute atomic E-state index is 0.0239. The molecule has 8 heteroatoms. The number of anilines is 2. The van der Waals surface area contributed by atoms with E-state index in [1.807, 2.05) is 23.1 Å². The summed E-state index contributed by atoms with van der Waals surface area (Å²) >= 11 is 6.20. The van der Waals surface area contributed by atoms with E-state index in [1.165, 1.54) is 0 Å². The fraction of sp³-hybridized carbons (Fsp3) is 0.400. The van der Waals surface area contributed by atoms with Crippen molar-refractivity contribution in [3.05, 3.63) is 47.1 Å². The monoisotopic (exact) mass is 402 g/mol. The molecule has 2 fully saturated rings. The molecule has 3 heterocycles. The maximum atomic E-state index is 13.0. The molecule has 0 saturated carbocycles. The Balaban J connectivity index is 1.43. The van der Waals surface area contributed by atoms with E-state index in [-0.39, 0.29) is 11.7 Å². The van der Waals surface area contributed by atoms with E-state index in [9.17, 15) is 9.90 Å². The first-order valence-electron chi connectivity index (χ1n) is 9.44. The van der Waals surface area contributed by atoms with Gasteiger partial charge in [0, 0.05) is 50.5 Å². The van der Waals surface area contributed by atoms with Gasteiger partial charge in [0.1, 0.15) is 16.7 Å². The van der Waals surface area contributed by atoms with Crippen LogP contribution in [0.2, 0.25) is 5.15 Å². The molecule has 1 aromatic carbocycles. The minimum Gasteiger partial charge on any atom is -0.508 e. The molecule has 2 aliphatic heterocycles. The molecule has 2 saturated heterocycles. The molecule has 0 atom stereocenters. The number of nitrogens with zero attached hydrogens (tertiary/aromatic N) is 4. The number of piperazine rings is 1. The van der Waals surface area contributed by atoms with Crippen LogP contribution in [0.5, 0.6) is 5.75 Å². The normalized spacial score (nSPS) is 17.7. The number of rotatable bonds is 3. The van der Waals surface area contributed by atoms with Gasteiger partial charge in [-0.05, 0) is 36.4 Å². The zero-order valence-electron chi connectivity index (χ0n) is 15.6. The largest absolute Gasteiger partial charge is 0.508 e. The Morgan fingerprint density at radius 1 is 0.964 bits per heavy atom. The number of hydrogen-bond donors (Lipinski definition) is 1. The average molecular weight is 403 g/mol. The highest BCUT2D eigenvalue weighted by atomic mass is 35.5. The van der Waals surface area contributed by atoms with E-state index in [4.69, 9.17) is 16.3 Å². The van der Waals surface area contributed by atoms with Gasteiger partial charge in [0.15, 0.2) is 0 Å². The molecule has 0 spiro atoms. The average Bonchev–Trinajstić information content (AvgIpc) is 2.74. The summed E-state index contributed by atoms with van der Waals surface area (Å²) in [6.45, 7) is 5.53. The minimum atomic E-state index is -0.0239. The number of carbonyl (C=O) groups is 1. The number of phenols is 1. The predicted molar refractivity (Wildman–Crippen MR) is 109 cm³/mol. The Hall–Kier alpha value is -2.51. The van der Waals surface area contributed by atoms with Gasteiger partial charge >= 0.3 is 0 Å². The highest BCUT2D eigenvalue weighted by molar-refractivity contribution is 6.29. The quantitative estimate of drug-likeness (QED) is 0.794. The molecule has 2 aromatic rings. The second-order valence-electron chi connectivity index (χ2n) is 6.93. The fourth-order valence-corrected chi connectivity index (χ4v) is 3.78. The van der Waals surface area contributed by atoms with Crippen LogP contribution in [0, 0.1) is 0 Å². The number of morpholine rings is 1. The molecular formula is C20H23ClN4O3. The van der Waals surface area contributed by atoms with Crippen molar-refractivity contribution in [1.29, 1.82) is 0 Å². The van der Waals surface area contributed by atoms with Crippen molar-refractivity contribution in [2.45, 2.75) is 0 Å². The Labute approximate surface area is 169 Å². The van der Waals surface area contributed by atoms with Crippen molar-refractivity contribution in [3.63, 3.8) is 0 Å². The molecule has 1 aromatic heterocycles. The number of phenolic OH excluding ortho intramolecular Hbond substituents is 1. The van der Waals surface area contributed by atoms with Crippen LogP contribution in [0.25, 0.3) is 0 Å². The van der Waals surface area contributed by atoms with Gasteiger partial charge < -0.3 is 24.5 Å². The van der Waals surface area contributed by atoms with Gasteiger partial charge in [-0.2, -0.15) is 0 Å². The first kappa shape index (κ1) is 18.8. The van der Waals surface area contributed by atoms with Gasteiger partial charge in [0.25, 0.3) is 5.91 Å². The molecule has 28 heavy (non-hydrogen) atoms. The number of amides is 1. The summed E-state index contributed by atoms with van der Waals surface area (Å²) in [6, 6.07) is 10.6. The number of halogens is 1. The van der Waals surface area contributed by atoms with Crippen LogP contribution in [-0.4, -0.2) is 73.4 Å². The summed E-state index contributed by atoms with van der Waals surface area (Å²) in [5.41, 5.74) is 1.62. The lowest BCUT2D eigenvalue weighted by Crippen LogP contribution is -2.48. The molecular weight excluding hydrogens is 380 g/mol. The maximum Gasteiger partial charge on any atom is 0.254 e. The molecule has 1 N–H and O–H groups in total. The van der Waals surface area contributed by atoms with Crippen LogP contribution < -0.4 is 9.80 Å². The van der Waals surface area contributed by atoms with E-state index in [0.717, 1.165) is 37.7 Å². The van der Waals surface area contributed by atoms with E-state index in [0.29, 0.717) is 37.0 Å². The predicted octanol–water partition coefficient (Wildman–Crippen LogP) is 2.24. The molecule has 0 bridgehead atoms. The van der Waals surface area contributed by atoms with Crippen molar-refractivity contribution >= 4 is 29.0 Å². The summed E-state index contributed by atoms with van der Waals surface area (Å²) in [6.07, 6.45) is 0. The summed E-state index contributed by atoms with van der Waals surface area (Å²) in [4.78, 5) is 23.6. The van der Waals surface area contributed by atoms with Gasteiger partial charge in [-0.15, -0.1) is 0 Å². The summed E-state index contributed by atoms with van der Waals surface area (Å²) < 4.78 is 5.38. The van der Waals surface area contributed by atoms with E-state index >= 15 is 0 Å². The number of hydrogen-bond acceptors (Lipinski definition) is 6. The van der Waals surface area contributed by atoms with Crippen molar-refractivity contribution in [1.82, 2.24) is 9.88 Å². The zero-order chi connectivity index (χ0) is 19.5. The molecule has 7 nitrogen and oxygen atoms in total. The number of ether oxygens (including phenoxy) is 1. The second-order valence-corrected chi connectivity index (χ2v) is 7.32. The van der Waals surface area contributed by atoms with E-state index in [1.54, 1.807) is 18.2 Å². The van der Waals surface area contributed by atoms with Gasteiger partial charge in [-0.25, -0.2) is 4.98 Å². The molecule has 0 aliphatic carbocycles. The topological polar surface area (TPSA) is 69.1 Å². The van der Waals surface area contributed by atoms with Gasteiger partial charge in [0.2, 0.25) is 0 Å². The van der Waals surface area contributed by atoms with Crippen LogP contribution in [-0.2, 0) is 4.74 Å². The third-order valence-electron chi connectivity index (χ3n) is 5.14. The first-order chi connectivity index (χ1) is 13.6. The van der Waals surface area contributed by atoms with Crippen LogP contribution in [0.15, 0.2) is 36.4 Å². The van der Waals surface area contributed by atoms with Crippen LogP contribution >= 0.6 is 11.6 Å². The molecule has 0 unspecified atom stereocenters. The molecule has 148 valence electrons. The maximum absolute atomic E-state index is 13.0.